The summed E-state index contributed by atoms with van der Waals surface area (Å²) in [5.41, 5.74) is 1.92. The van der Waals surface area contributed by atoms with Crippen molar-refractivity contribution in [3.63, 3.8) is 0 Å². The lowest BCUT2D eigenvalue weighted by atomic mass is 10.0. The summed E-state index contributed by atoms with van der Waals surface area (Å²) >= 11 is 1.59. The van der Waals surface area contributed by atoms with Crippen molar-refractivity contribution in [1.82, 2.24) is 24.4 Å². The van der Waals surface area contributed by atoms with Crippen molar-refractivity contribution < 1.29 is 13.3 Å². The highest BCUT2D eigenvalue weighted by molar-refractivity contribution is 7.89. The molecular weight excluding hydrogens is 398 g/mol. The highest BCUT2D eigenvalue weighted by atomic mass is 32.2. The minimum atomic E-state index is -3.55. The lowest BCUT2D eigenvalue weighted by Gasteiger charge is -2.30. The molecule has 4 rings (SSSR count). The molecule has 28 heavy (non-hydrogen) atoms. The molecule has 1 aromatic carbocycles. The molecule has 1 atom stereocenters. The Bertz CT molecular complexity index is 1080. The van der Waals surface area contributed by atoms with Gasteiger partial charge in [-0.2, -0.15) is 4.31 Å². The molecule has 1 aliphatic heterocycles. The highest BCUT2D eigenvalue weighted by Crippen LogP contribution is 2.25. The van der Waals surface area contributed by atoms with Gasteiger partial charge in [0.25, 0.3) is 0 Å². The van der Waals surface area contributed by atoms with Gasteiger partial charge in [-0.15, -0.1) is 16.4 Å². The number of benzene rings is 1. The molecule has 0 amide bonds. The van der Waals surface area contributed by atoms with Gasteiger partial charge in [-0.25, -0.2) is 13.4 Å². The van der Waals surface area contributed by atoms with Crippen molar-refractivity contribution in [2.45, 2.75) is 44.6 Å². The fourth-order valence-corrected chi connectivity index (χ4v) is 5.70. The highest BCUT2D eigenvalue weighted by Gasteiger charge is 2.29. The first kappa shape index (κ1) is 19.3. The predicted molar refractivity (Wildman–Crippen MR) is 106 cm³/mol. The van der Waals surface area contributed by atoms with Crippen LogP contribution in [0.15, 0.2) is 28.5 Å². The molecule has 0 spiro atoms. The molecule has 0 radical (unpaired) electrons. The van der Waals surface area contributed by atoms with Crippen LogP contribution in [0.1, 0.15) is 37.4 Å². The summed E-state index contributed by atoms with van der Waals surface area (Å²) in [7, 11) is -3.55. The first-order chi connectivity index (χ1) is 13.5. The van der Waals surface area contributed by atoms with Gasteiger partial charge in [0, 0.05) is 18.5 Å². The quantitative estimate of drug-likeness (QED) is 0.607. The third kappa shape index (κ3) is 3.76. The number of sulfonamides is 1. The maximum Gasteiger partial charge on any atom is 0.243 e. The first-order valence-electron chi connectivity index (χ1n) is 9.39. The van der Waals surface area contributed by atoms with Crippen LogP contribution in [0.4, 0.5) is 0 Å². The average molecular weight is 422 g/mol. The Kier molecular flexibility index (Phi) is 5.35. The lowest BCUT2D eigenvalue weighted by molar-refractivity contribution is 0.0733. The monoisotopic (exact) mass is 421 g/mol. The molecule has 0 N–H and O–H groups in total. The number of hydrogen-bond acceptors (Lipinski definition) is 7. The van der Waals surface area contributed by atoms with E-state index in [4.69, 9.17) is 4.84 Å². The van der Waals surface area contributed by atoms with E-state index in [1.54, 1.807) is 33.8 Å². The second-order valence-electron chi connectivity index (χ2n) is 7.08. The third-order valence-corrected chi connectivity index (χ3v) is 7.78. The van der Waals surface area contributed by atoms with E-state index in [-0.39, 0.29) is 11.5 Å². The van der Waals surface area contributed by atoms with Crippen LogP contribution in [0.25, 0.3) is 11.0 Å². The summed E-state index contributed by atoms with van der Waals surface area (Å²) in [5, 5.41) is 11.1. The summed E-state index contributed by atoms with van der Waals surface area (Å²) < 4.78 is 27.7. The molecule has 0 saturated carbocycles. The minimum Gasteiger partial charge on any atom is -0.388 e. The van der Waals surface area contributed by atoms with Gasteiger partial charge in [-0.1, -0.05) is 18.7 Å². The van der Waals surface area contributed by atoms with Gasteiger partial charge in [0.15, 0.2) is 6.61 Å². The Hall–Kier alpha value is -2.04. The third-order valence-electron chi connectivity index (χ3n) is 4.88. The van der Waals surface area contributed by atoms with E-state index in [2.05, 4.69) is 29.1 Å². The van der Waals surface area contributed by atoms with Gasteiger partial charge in [-0.3, -0.25) is 0 Å². The van der Waals surface area contributed by atoms with Crippen LogP contribution in [0.3, 0.4) is 0 Å². The Morgan fingerprint density at radius 1 is 1.36 bits per heavy atom. The van der Waals surface area contributed by atoms with Crippen molar-refractivity contribution in [2.75, 3.05) is 13.1 Å². The molecule has 3 heterocycles. The fourth-order valence-electron chi connectivity index (χ4n) is 3.35. The van der Waals surface area contributed by atoms with Crippen LogP contribution in [-0.4, -0.2) is 46.0 Å². The normalized spacial score (nSPS) is 18.6. The number of hydrogen-bond donors (Lipinski definition) is 0. The molecule has 1 saturated heterocycles. The van der Waals surface area contributed by atoms with Crippen LogP contribution in [0, 0.1) is 5.92 Å². The van der Waals surface area contributed by atoms with E-state index in [1.807, 2.05) is 5.38 Å². The van der Waals surface area contributed by atoms with Gasteiger partial charge < -0.3 is 4.84 Å². The largest absolute Gasteiger partial charge is 0.388 e. The van der Waals surface area contributed by atoms with Crippen LogP contribution < -0.4 is 4.84 Å². The SMILES string of the molecule is CCc1nc(COn2nnc3ccc(S(=O)(=O)N4CCCC(C)C4)cc32)cs1. The lowest BCUT2D eigenvalue weighted by Crippen LogP contribution is -2.39. The molecule has 1 aliphatic rings. The molecule has 2 aromatic heterocycles. The van der Waals surface area contributed by atoms with E-state index >= 15 is 0 Å². The van der Waals surface area contributed by atoms with Crippen LogP contribution >= 0.6 is 11.3 Å². The van der Waals surface area contributed by atoms with Gasteiger partial charge in [-0.05, 0) is 48.6 Å². The van der Waals surface area contributed by atoms with Gasteiger partial charge in [0.2, 0.25) is 10.0 Å². The Morgan fingerprint density at radius 3 is 2.96 bits per heavy atom. The first-order valence-corrected chi connectivity index (χ1v) is 11.7. The maximum atomic E-state index is 13.1. The number of aryl methyl sites for hydroxylation is 1. The number of nitrogens with zero attached hydrogens (tertiary/aromatic N) is 5. The maximum absolute atomic E-state index is 13.1. The summed E-state index contributed by atoms with van der Waals surface area (Å²) in [4.78, 5) is 11.7. The predicted octanol–water partition coefficient (Wildman–Crippen LogP) is 2.50. The number of piperidine rings is 1. The van der Waals surface area contributed by atoms with E-state index in [0.29, 0.717) is 30.0 Å². The topological polar surface area (TPSA) is 90.2 Å². The number of rotatable bonds is 6. The zero-order valence-electron chi connectivity index (χ0n) is 15.9. The summed E-state index contributed by atoms with van der Waals surface area (Å²) in [6, 6.07) is 4.84. The van der Waals surface area contributed by atoms with E-state index in [9.17, 15) is 8.42 Å². The molecule has 0 bridgehead atoms. The van der Waals surface area contributed by atoms with Crippen molar-refractivity contribution in [2.24, 2.45) is 5.92 Å². The second-order valence-corrected chi connectivity index (χ2v) is 9.96. The average Bonchev–Trinajstić information content (AvgIpc) is 3.32. The van der Waals surface area contributed by atoms with Crippen molar-refractivity contribution >= 4 is 32.4 Å². The van der Waals surface area contributed by atoms with Crippen molar-refractivity contribution in [1.29, 1.82) is 0 Å². The smallest absolute Gasteiger partial charge is 0.243 e. The Labute approximate surface area is 168 Å². The standard InChI is InChI=1S/C18H23N5O3S2/c1-3-18-19-14(12-27-18)11-26-23-17-9-15(6-7-16(17)20-21-23)28(24,25)22-8-4-5-13(2)10-22/h6-7,9,12-13H,3-5,8,10-11H2,1-2H3. The van der Waals surface area contributed by atoms with E-state index in [1.165, 1.54) is 4.85 Å². The molecule has 1 unspecified atom stereocenters. The van der Waals surface area contributed by atoms with Gasteiger partial charge >= 0.3 is 0 Å². The van der Waals surface area contributed by atoms with E-state index < -0.39 is 10.0 Å². The Morgan fingerprint density at radius 2 is 2.21 bits per heavy atom. The van der Waals surface area contributed by atoms with Crippen LogP contribution in [0.5, 0.6) is 0 Å². The number of thiazole rings is 1. The minimum absolute atomic E-state index is 0.239. The fraction of sp³-hybridized carbons (Fsp3) is 0.500. The molecule has 1 fully saturated rings. The number of fused-ring (bicyclic) bond motifs is 1. The molecule has 150 valence electrons. The van der Waals surface area contributed by atoms with Crippen molar-refractivity contribution in [3.05, 3.63) is 34.3 Å². The van der Waals surface area contributed by atoms with Crippen LogP contribution in [-0.2, 0) is 23.1 Å². The van der Waals surface area contributed by atoms with Gasteiger partial charge in [0.1, 0.15) is 11.0 Å². The molecule has 8 nitrogen and oxygen atoms in total. The summed E-state index contributed by atoms with van der Waals surface area (Å²) in [5.74, 6) is 0.369. The second kappa shape index (κ2) is 7.76. The molecule has 10 heteroatoms. The molecular formula is C18H23N5O3S2. The number of aromatic nitrogens is 4. The summed E-state index contributed by atoms with van der Waals surface area (Å²) in [6.45, 7) is 5.50. The summed E-state index contributed by atoms with van der Waals surface area (Å²) in [6.07, 6.45) is 2.83. The molecule has 0 aliphatic carbocycles. The van der Waals surface area contributed by atoms with Crippen LogP contribution in [0.2, 0.25) is 0 Å². The Balaban J connectivity index is 1.58. The zero-order valence-corrected chi connectivity index (χ0v) is 17.5. The van der Waals surface area contributed by atoms with Crippen molar-refractivity contribution in [3.8, 4) is 0 Å². The van der Waals surface area contributed by atoms with Gasteiger partial charge in [0.05, 0.1) is 15.6 Å². The van der Waals surface area contributed by atoms with E-state index in [0.717, 1.165) is 30.0 Å². The zero-order chi connectivity index (χ0) is 19.7. The molecule has 3 aromatic rings.